The summed E-state index contributed by atoms with van der Waals surface area (Å²) in [5.74, 6) is 0.0179. The summed E-state index contributed by atoms with van der Waals surface area (Å²) in [7, 11) is -8.26. The maximum atomic E-state index is 12.1. The largest absolute Gasteiger partial charge is 0.508 e. The van der Waals surface area contributed by atoms with Crippen molar-refractivity contribution >= 4 is 20.2 Å². The molecule has 0 aromatic heterocycles. The molecule has 10 heteroatoms. The summed E-state index contributed by atoms with van der Waals surface area (Å²) in [4.78, 5) is 0.196. The van der Waals surface area contributed by atoms with Crippen LogP contribution < -0.4 is 0 Å². The molecule has 120 valence electrons. The molecule has 2 rings (SSSR count). The average molecular weight is 348 g/mol. The van der Waals surface area contributed by atoms with E-state index in [-0.39, 0.29) is 21.3 Å². The first-order valence-electron chi connectivity index (χ1n) is 5.53. The second-order valence-corrected chi connectivity index (χ2v) is 6.78. The monoisotopic (exact) mass is 348 g/mol. The van der Waals surface area contributed by atoms with Crippen LogP contribution in [-0.4, -0.2) is 36.2 Å². The van der Waals surface area contributed by atoms with E-state index in [9.17, 15) is 8.42 Å². The van der Waals surface area contributed by atoms with Crippen molar-refractivity contribution in [3.63, 3.8) is 0 Å². The zero-order valence-corrected chi connectivity index (χ0v) is 12.5. The molecule has 22 heavy (non-hydrogen) atoms. The third-order valence-electron chi connectivity index (χ3n) is 2.29. The van der Waals surface area contributed by atoms with Crippen LogP contribution in [0, 0.1) is 0 Å². The minimum absolute atomic E-state index is 0.00894. The normalized spacial score (nSPS) is 11.4. The van der Waals surface area contributed by atoms with Crippen LogP contribution in [0.15, 0.2) is 58.3 Å². The molecule has 0 radical (unpaired) electrons. The number of hydrogen-bond donors (Lipinski definition) is 4. The lowest BCUT2D eigenvalue weighted by atomic mass is 10.3. The van der Waals surface area contributed by atoms with Crippen molar-refractivity contribution in [1.29, 1.82) is 0 Å². The Morgan fingerprint density at radius 1 is 0.591 bits per heavy atom. The van der Waals surface area contributed by atoms with Gasteiger partial charge in [0.15, 0.2) is 0 Å². The van der Waals surface area contributed by atoms with E-state index in [0.29, 0.717) is 0 Å². The highest BCUT2D eigenvalue weighted by atomic mass is 32.3. The van der Waals surface area contributed by atoms with Crippen LogP contribution in [0.2, 0.25) is 0 Å². The lowest BCUT2D eigenvalue weighted by molar-refractivity contribution is 0.381. The van der Waals surface area contributed by atoms with Gasteiger partial charge in [0.2, 0.25) is 9.84 Å². The van der Waals surface area contributed by atoms with Gasteiger partial charge in [0.1, 0.15) is 11.5 Å². The third-order valence-corrected chi connectivity index (χ3v) is 4.08. The van der Waals surface area contributed by atoms with Gasteiger partial charge in [-0.3, -0.25) is 9.11 Å². The SMILES string of the molecule is O=S(=O)(O)O.O=S(=O)(c1ccc(O)cc1)c1ccc(O)cc1. The second-order valence-electron chi connectivity index (χ2n) is 3.94. The fourth-order valence-electron chi connectivity index (χ4n) is 1.39. The van der Waals surface area contributed by atoms with E-state index in [1.54, 1.807) is 0 Å². The highest BCUT2D eigenvalue weighted by Gasteiger charge is 2.17. The standard InChI is InChI=1S/C12H10O4S.H2O4S/c13-9-1-5-11(6-2-9)17(15,16)12-7-3-10(14)4-8-12;1-5(2,3)4/h1-8,13-14H;(H2,1,2,3,4). The Morgan fingerprint density at radius 3 is 1.05 bits per heavy atom. The summed E-state index contributed by atoms with van der Waals surface area (Å²) in [5, 5.41) is 18.2. The summed E-state index contributed by atoms with van der Waals surface area (Å²) in [5.41, 5.74) is 0. The molecule has 8 nitrogen and oxygen atoms in total. The first-order valence-corrected chi connectivity index (χ1v) is 8.41. The van der Waals surface area contributed by atoms with Gasteiger partial charge in [0.05, 0.1) is 9.79 Å². The molecule has 0 atom stereocenters. The summed E-state index contributed by atoms with van der Waals surface area (Å²) < 4.78 is 55.8. The number of rotatable bonds is 2. The molecule has 0 fully saturated rings. The zero-order chi connectivity index (χ0) is 17.0. The zero-order valence-electron chi connectivity index (χ0n) is 10.9. The Morgan fingerprint density at radius 2 is 0.818 bits per heavy atom. The molecule has 0 amide bonds. The van der Waals surface area contributed by atoms with E-state index >= 15 is 0 Å². The van der Waals surface area contributed by atoms with E-state index in [4.69, 9.17) is 27.7 Å². The highest BCUT2D eigenvalue weighted by Crippen LogP contribution is 2.23. The van der Waals surface area contributed by atoms with Gasteiger partial charge in [-0.1, -0.05) is 0 Å². The first kappa shape index (κ1) is 17.9. The molecular formula is C12H12O8S2. The molecule has 0 saturated heterocycles. The molecule has 0 aliphatic heterocycles. The quantitative estimate of drug-likeness (QED) is 0.593. The summed E-state index contributed by atoms with van der Waals surface area (Å²) in [6.07, 6.45) is 0. The fourth-order valence-corrected chi connectivity index (χ4v) is 2.65. The molecule has 4 N–H and O–H groups in total. The molecule has 0 saturated carbocycles. The van der Waals surface area contributed by atoms with Crippen LogP contribution in [0.4, 0.5) is 0 Å². The maximum Gasteiger partial charge on any atom is 0.394 e. The first-order chi connectivity index (χ1) is 10.00. The third kappa shape index (κ3) is 5.69. The number of aromatic hydroxyl groups is 2. The molecule has 2 aromatic carbocycles. The number of benzene rings is 2. The number of sulfone groups is 1. The highest BCUT2D eigenvalue weighted by molar-refractivity contribution is 7.91. The van der Waals surface area contributed by atoms with Crippen molar-refractivity contribution in [2.24, 2.45) is 0 Å². The fraction of sp³-hybridized carbons (Fsp3) is 0. The van der Waals surface area contributed by atoms with Gasteiger partial charge in [-0.05, 0) is 48.5 Å². The van der Waals surface area contributed by atoms with Gasteiger partial charge < -0.3 is 10.2 Å². The lowest BCUT2D eigenvalue weighted by Gasteiger charge is -2.04. The van der Waals surface area contributed by atoms with Crippen LogP contribution in [0.5, 0.6) is 11.5 Å². The van der Waals surface area contributed by atoms with E-state index in [2.05, 4.69) is 0 Å². The van der Waals surface area contributed by atoms with E-state index < -0.39 is 20.2 Å². The number of phenols is 2. The van der Waals surface area contributed by atoms with E-state index in [1.165, 1.54) is 48.5 Å². The molecule has 0 bridgehead atoms. The Labute approximate surface area is 126 Å². The molecule has 0 spiro atoms. The van der Waals surface area contributed by atoms with Crippen LogP contribution in [0.25, 0.3) is 0 Å². The van der Waals surface area contributed by atoms with Crippen molar-refractivity contribution in [3.05, 3.63) is 48.5 Å². The molecule has 0 aliphatic carbocycles. The molecule has 0 heterocycles. The van der Waals surface area contributed by atoms with Crippen LogP contribution in [-0.2, 0) is 20.2 Å². The van der Waals surface area contributed by atoms with Crippen molar-refractivity contribution in [1.82, 2.24) is 0 Å². The summed E-state index contributed by atoms with van der Waals surface area (Å²) >= 11 is 0. The van der Waals surface area contributed by atoms with E-state index in [1.807, 2.05) is 0 Å². The Bertz CT molecular complexity index is 762. The maximum absolute atomic E-state index is 12.1. The van der Waals surface area contributed by atoms with Gasteiger partial charge in [-0.25, -0.2) is 8.42 Å². The van der Waals surface area contributed by atoms with Crippen LogP contribution >= 0.6 is 0 Å². The lowest BCUT2D eigenvalue weighted by Crippen LogP contribution is -2.01. The topological polar surface area (TPSA) is 149 Å². The molecule has 0 aliphatic rings. The van der Waals surface area contributed by atoms with Crippen molar-refractivity contribution in [2.75, 3.05) is 0 Å². The van der Waals surface area contributed by atoms with Crippen LogP contribution in [0.3, 0.4) is 0 Å². The predicted molar refractivity (Wildman–Crippen MR) is 75.8 cm³/mol. The predicted octanol–water partition coefficient (Wildman–Crippen LogP) is 1.28. The Kier molecular flexibility index (Phi) is 5.49. The van der Waals surface area contributed by atoms with Crippen molar-refractivity contribution in [2.45, 2.75) is 9.79 Å². The Balaban J connectivity index is 0.000000422. The van der Waals surface area contributed by atoms with Gasteiger partial charge in [-0.15, -0.1) is 0 Å². The minimum atomic E-state index is -4.67. The van der Waals surface area contributed by atoms with Gasteiger partial charge in [0.25, 0.3) is 0 Å². The van der Waals surface area contributed by atoms with Crippen LogP contribution in [0.1, 0.15) is 0 Å². The minimum Gasteiger partial charge on any atom is -0.508 e. The van der Waals surface area contributed by atoms with Gasteiger partial charge in [-0.2, -0.15) is 8.42 Å². The smallest absolute Gasteiger partial charge is 0.394 e. The van der Waals surface area contributed by atoms with Gasteiger partial charge >= 0.3 is 10.4 Å². The number of hydrogen-bond acceptors (Lipinski definition) is 6. The molecular weight excluding hydrogens is 336 g/mol. The molecule has 0 unspecified atom stereocenters. The van der Waals surface area contributed by atoms with Gasteiger partial charge in [0, 0.05) is 0 Å². The molecule has 2 aromatic rings. The van der Waals surface area contributed by atoms with Crippen molar-refractivity contribution in [3.8, 4) is 11.5 Å². The van der Waals surface area contributed by atoms with Crippen molar-refractivity contribution < 1.29 is 36.2 Å². The Hall–Kier alpha value is -2.14. The average Bonchev–Trinajstić information content (AvgIpc) is 2.38. The number of phenolic OH excluding ortho intramolecular Hbond substituents is 2. The van der Waals surface area contributed by atoms with E-state index in [0.717, 1.165) is 0 Å². The summed E-state index contributed by atoms with van der Waals surface area (Å²) in [6, 6.07) is 10.6. The second kappa shape index (κ2) is 6.75. The summed E-state index contributed by atoms with van der Waals surface area (Å²) in [6.45, 7) is 0.